The Hall–Kier alpha value is 0.519. The summed E-state index contributed by atoms with van der Waals surface area (Å²) in [7, 11) is 0. The molecule has 10 rings (SSSR count). The van der Waals surface area contributed by atoms with E-state index in [2.05, 4.69) is 20.8 Å². The van der Waals surface area contributed by atoms with Crippen LogP contribution >= 0.6 is 0 Å². The molecule has 1 heteroatoms. The van der Waals surface area contributed by atoms with Gasteiger partial charge in [0, 0.05) is 0 Å². The van der Waals surface area contributed by atoms with Gasteiger partial charge in [0.05, 0.1) is 0 Å². The fraction of sp³-hybridized carbons (Fsp3) is 1.00. The van der Waals surface area contributed by atoms with Gasteiger partial charge in [-0.25, -0.2) is 0 Å². The fourth-order valence-corrected chi connectivity index (χ4v) is 104. The summed E-state index contributed by atoms with van der Waals surface area (Å²) in [5.41, 5.74) is 0. The van der Waals surface area contributed by atoms with Gasteiger partial charge in [-0.3, -0.25) is 0 Å². The van der Waals surface area contributed by atoms with E-state index in [1.807, 2.05) is 0 Å². The first-order chi connectivity index (χ1) is 8.00. The topological polar surface area (TPSA) is 0 Å². The second kappa shape index (κ2) is 0.519. The molecule has 17 heavy (non-hydrogen) atoms. The third-order valence-electron chi connectivity index (χ3n) is 17.4. The Labute approximate surface area is 93.2 Å². The quantitative estimate of drug-likeness (QED) is 0.575. The molecule has 0 aliphatic carbocycles. The molecule has 8 unspecified atom stereocenters. The molecule has 10 heterocycles. The molecular formula is C16H22Fe. The molecule has 1 spiro atoms. The summed E-state index contributed by atoms with van der Waals surface area (Å²) >= 11 is 0. The van der Waals surface area contributed by atoms with Gasteiger partial charge >= 0.3 is 93.2 Å². The number of fused-ring (bicyclic) bond motifs is 10. The second-order valence-electron chi connectivity index (χ2n) is 11.4. The van der Waals surface area contributed by atoms with Crippen LogP contribution in [0.5, 0.6) is 0 Å². The molecule has 94 valence electrons. The number of hydrogen-bond acceptors (Lipinski definition) is 0. The molecule has 0 saturated carbocycles. The molecule has 0 bridgehead atoms. The average Bonchev–Trinajstić information content (AvgIpc) is 3.31. The van der Waals surface area contributed by atoms with Crippen molar-refractivity contribution >= 4 is 0 Å². The van der Waals surface area contributed by atoms with Crippen LogP contribution in [0.1, 0.15) is 40.0 Å². The standard InChI is InChI=1S/C9H13.C7H9.Fe/c1-3-8-5-6-9(4-2)7-8;1-2-7-5-3-4-6-7;/h5-7H,3-4H2,1-2H3;3-6H,2H2,1H3;. The zero-order chi connectivity index (χ0) is 11.0. The first-order valence-corrected chi connectivity index (χ1v) is 14.3. The van der Waals surface area contributed by atoms with Gasteiger partial charge in [-0.1, -0.05) is 0 Å². The van der Waals surface area contributed by atoms with Crippen LogP contribution in [0.4, 0.5) is 0 Å². The molecular weight excluding hydrogens is 248 g/mol. The van der Waals surface area contributed by atoms with Crippen molar-refractivity contribution in [2.75, 3.05) is 0 Å². The first kappa shape index (κ1) is 6.80. The molecule has 0 aromatic rings. The molecule has 10 aliphatic heterocycles. The molecule has 10 fully saturated rings. The molecule has 0 aromatic heterocycles. The van der Waals surface area contributed by atoms with E-state index < -0.39 is 6.51 Å². The van der Waals surface area contributed by atoms with E-state index in [1.165, 1.54) is 33.7 Å². The minimum absolute atomic E-state index is 1.16. The summed E-state index contributed by atoms with van der Waals surface area (Å²) in [6, 6.07) is 0. The SMILES string of the molecule is CC[C]12[CH]3[CH]4[CH]5[CH]1[Fe]45321678[CH]2[CH]1[C]6(CC)[CH]7[C]28CC. The molecule has 0 nitrogen and oxygen atoms in total. The predicted octanol–water partition coefficient (Wildman–Crippen LogP) is 5.72. The van der Waals surface area contributed by atoms with Crippen molar-refractivity contribution in [1.82, 2.24) is 0 Å². The van der Waals surface area contributed by atoms with Crippen molar-refractivity contribution in [2.24, 2.45) is 0 Å². The molecule has 0 N–H and O–H groups in total. The van der Waals surface area contributed by atoms with Crippen molar-refractivity contribution in [3.05, 3.63) is 0 Å². The van der Waals surface area contributed by atoms with Crippen molar-refractivity contribution < 1.29 is 6.51 Å². The van der Waals surface area contributed by atoms with Gasteiger partial charge in [-0.15, -0.1) is 0 Å². The van der Waals surface area contributed by atoms with Crippen molar-refractivity contribution in [3.63, 3.8) is 0 Å². The van der Waals surface area contributed by atoms with Crippen LogP contribution < -0.4 is 0 Å². The molecule has 0 amide bonds. The third-order valence-corrected chi connectivity index (χ3v) is 63.0. The van der Waals surface area contributed by atoms with Crippen molar-refractivity contribution in [3.8, 4) is 0 Å². The molecule has 0 radical (unpaired) electrons. The zero-order valence-corrected chi connectivity index (χ0v) is 12.1. The van der Waals surface area contributed by atoms with E-state index in [4.69, 9.17) is 0 Å². The van der Waals surface area contributed by atoms with Gasteiger partial charge in [0.25, 0.3) is 0 Å². The predicted molar refractivity (Wildman–Crippen MR) is 65.2 cm³/mol. The van der Waals surface area contributed by atoms with Gasteiger partial charge in [-0.05, 0) is 0 Å². The summed E-state index contributed by atoms with van der Waals surface area (Å²) < 4.78 is 3.49. The Balaban J connectivity index is 1.77. The van der Waals surface area contributed by atoms with Crippen LogP contribution in [-0.4, -0.2) is 0 Å². The Morgan fingerprint density at radius 1 is 0.706 bits per heavy atom. The molecule has 10 aliphatic rings. The van der Waals surface area contributed by atoms with Gasteiger partial charge in [0.15, 0.2) is 0 Å². The maximum absolute atomic E-state index is 2.94. The van der Waals surface area contributed by atoms with E-state index >= 15 is 0 Å². The van der Waals surface area contributed by atoms with Gasteiger partial charge < -0.3 is 0 Å². The van der Waals surface area contributed by atoms with Crippen LogP contribution in [0.2, 0.25) is 46.7 Å². The molecule has 10 saturated heterocycles. The van der Waals surface area contributed by atoms with E-state index in [0.717, 1.165) is 12.9 Å². The van der Waals surface area contributed by atoms with Crippen LogP contribution in [0, 0.1) is 0 Å². The van der Waals surface area contributed by atoms with Crippen LogP contribution in [0.25, 0.3) is 0 Å². The first-order valence-electron chi connectivity index (χ1n) is 8.21. The van der Waals surface area contributed by atoms with Crippen LogP contribution in [-0.2, 0) is 6.51 Å². The number of rotatable bonds is 3. The van der Waals surface area contributed by atoms with Crippen LogP contribution in [0.3, 0.4) is 0 Å². The molecule has 0 aromatic carbocycles. The summed E-state index contributed by atoms with van der Waals surface area (Å²) in [6.07, 6.45) is 4.99. The van der Waals surface area contributed by atoms with E-state index in [-0.39, 0.29) is 0 Å². The van der Waals surface area contributed by atoms with Crippen LogP contribution in [0.15, 0.2) is 0 Å². The summed E-state index contributed by atoms with van der Waals surface area (Å²) in [5, 5.41) is 0. The van der Waals surface area contributed by atoms with E-state index in [1.54, 1.807) is 19.3 Å². The van der Waals surface area contributed by atoms with E-state index in [9.17, 15) is 0 Å². The monoisotopic (exact) mass is 270 g/mol. The fourth-order valence-electron chi connectivity index (χ4n) is 21.3. The Bertz CT molecular complexity index is 954. The second-order valence-corrected chi connectivity index (χ2v) is 34.6. The normalized spacial score (nSPS) is 128. The summed E-state index contributed by atoms with van der Waals surface area (Å²) in [4.78, 5) is 10.5. The third kappa shape index (κ3) is 0.0564. The zero-order valence-electron chi connectivity index (χ0n) is 11.0. The Kier molecular flexibility index (Phi) is 0.208. The van der Waals surface area contributed by atoms with Gasteiger partial charge in [0.2, 0.25) is 0 Å². The Morgan fingerprint density at radius 3 is 1.41 bits per heavy atom. The number of hydrogen-bond donors (Lipinski definition) is 0. The maximum atomic E-state index is 2.62. The average molecular weight is 270 g/mol. The summed E-state index contributed by atoms with van der Waals surface area (Å²) in [6.45, 7) is 4.92. The van der Waals surface area contributed by atoms with E-state index in [0.29, 0.717) is 0 Å². The van der Waals surface area contributed by atoms with Crippen molar-refractivity contribution in [2.45, 2.75) is 86.7 Å². The summed E-state index contributed by atoms with van der Waals surface area (Å²) in [5.74, 6) is 0. The Morgan fingerprint density at radius 2 is 1.18 bits per heavy atom. The minimum atomic E-state index is -2.94. The van der Waals surface area contributed by atoms with Gasteiger partial charge in [0.1, 0.15) is 0 Å². The van der Waals surface area contributed by atoms with Gasteiger partial charge in [-0.2, -0.15) is 0 Å². The molecule has 8 atom stereocenters. The van der Waals surface area contributed by atoms with Crippen molar-refractivity contribution in [1.29, 1.82) is 0 Å².